The highest BCUT2D eigenvalue weighted by Gasteiger charge is 1.97. The van der Waals surface area contributed by atoms with Crippen molar-refractivity contribution in [3.8, 4) is 0 Å². The number of hydrogen-bond acceptors (Lipinski definition) is 3. The molecule has 0 amide bonds. The average molecular weight is 242 g/mol. The molecule has 1 aromatic heterocycles. The Balaban J connectivity index is 1.97. The van der Waals surface area contributed by atoms with Crippen molar-refractivity contribution in [1.29, 1.82) is 0 Å². The summed E-state index contributed by atoms with van der Waals surface area (Å²) in [6.45, 7) is 3.41. The second-order valence-electron chi connectivity index (χ2n) is 4.31. The fourth-order valence-electron chi connectivity index (χ4n) is 1.73. The van der Waals surface area contributed by atoms with Crippen molar-refractivity contribution in [1.82, 2.24) is 4.98 Å². The Labute approximate surface area is 108 Å². The molecule has 94 valence electrons. The van der Waals surface area contributed by atoms with Crippen LogP contribution in [0.15, 0.2) is 42.6 Å². The molecule has 0 aliphatic carbocycles. The van der Waals surface area contributed by atoms with E-state index in [1.165, 1.54) is 11.1 Å². The van der Waals surface area contributed by atoms with Crippen LogP contribution in [0.4, 0.5) is 5.69 Å². The lowest BCUT2D eigenvalue weighted by Gasteiger charge is -2.08. The molecule has 1 aromatic carbocycles. The molecule has 0 radical (unpaired) electrons. The Morgan fingerprint density at radius 3 is 2.83 bits per heavy atom. The van der Waals surface area contributed by atoms with E-state index < -0.39 is 0 Å². The lowest BCUT2D eigenvalue weighted by Crippen LogP contribution is -2.02. The number of anilines is 1. The Morgan fingerprint density at radius 1 is 1.22 bits per heavy atom. The maximum Gasteiger partial charge on any atom is 0.0713 e. The largest absolute Gasteiger partial charge is 0.380 e. The van der Waals surface area contributed by atoms with Gasteiger partial charge in [0.05, 0.1) is 18.8 Å². The van der Waals surface area contributed by atoms with Gasteiger partial charge in [0.25, 0.3) is 0 Å². The molecule has 18 heavy (non-hydrogen) atoms. The number of hydrogen-bond donors (Lipinski definition) is 1. The first kappa shape index (κ1) is 12.6. The van der Waals surface area contributed by atoms with Gasteiger partial charge in [0.2, 0.25) is 0 Å². The number of rotatable bonds is 5. The van der Waals surface area contributed by atoms with E-state index in [-0.39, 0.29) is 0 Å². The molecular formula is C15H18N2O. The van der Waals surface area contributed by atoms with Crippen LogP contribution in [-0.2, 0) is 17.9 Å². The predicted molar refractivity (Wildman–Crippen MR) is 73.5 cm³/mol. The molecule has 0 aliphatic rings. The Kier molecular flexibility index (Phi) is 4.31. The van der Waals surface area contributed by atoms with Gasteiger partial charge in [0, 0.05) is 19.0 Å². The maximum absolute atomic E-state index is 5.12. The standard InChI is InChI=1S/C15H18N2O/c1-12-6-7-15(16-9-12)10-17-14-5-3-4-13(8-14)11-18-2/h3-9,17H,10-11H2,1-2H3. The van der Waals surface area contributed by atoms with E-state index in [1.54, 1.807) is 7.11 Å². The van der Waals surface area contributed by atoms with Crippen LogP contribution in [-0.4, -0.2) is 12.1 Å². The third-order valence-electron chi connectivity index (χ3n) is 2.68. The zero-order valence-electron chi connectivity index (χ0n) is 10.8. The number of nitrogens with zero attached hydrogens (tertiary/aromatic N) is 1. The van der Waals surface area contributed by atoms with Crippen LogP contribution in [0.3, 0.4) is 0 Å². The Hall–Kier alpha value is -1.87. The van der Waals surface area contributed by atoms with E-state index in [9.17, 15) is 0 Å². The lowest BCUT2D eigenvalue weighted by molar-refractivity contribution is 0.185. The van der Waals surface area contributed by atoms with Gasteiger partial charge in [-0.25, -0.2) is 0 Å². The monoisotopic (exact) mass is 242 g/mol. The minimum atomic E-state index is 0.637. The van der Waals surface area contributed by atoms with E-state index in [2.05, 4.69) is 28.5 Å². The molecule has 0 fully saturated rings. The highest BCUT2D eigenvalue weighted by atomic mass is 16.5. The first-order chi connectivity index (χ1) is 8.78. The Morgan fingerprint density at radius 2 is 2.11 bits per heavy atom. The summed E-state index contributed by atoms with van der Waals surface area (Å²) in [5, 5.41) is 3.36. The van der Waals surface area contributed by atoms with Gasteiger partial charge < -0.3 is 10.1 Å². The smallest absolute Gasteiger partial charge is 0.0713 e. The number of pyridine rings is 1. The Bertz CT molecular complexity index is 494. The molecule has 0 atom stereocenters. The van der Waals surface area contributed by atoms with Crippen molar-refractivity contribution in [2.75, 3.05) is 12.4 Å². The first-order valence-corrected chi connectivity index (χ1v) is 6.01. The quantitative estimate of drug-likeness (QED) is 0.874. The fraction of sp³-hybridized carbons (Fsp3) is 0.267. The number of nitrogens with one attached hydrogen (secondary N) is 1. The van der Waals surface area contributed by atoms with Gasteiger partial charge in [-0.3, -0.25) is 4.98 Å². The van der Waals surface area contributed by atoms with E-state index >= 15 is 0 Å². The van der Waals surface area contributed by atoms with E-state index in [0.29, 0.717) is 6.61 Å². The second kappa shape index (κ2) is 6.17. The SMILES string of the molecule is COCc1cccc(NCc2ccc(C)cn2)c1. The van der Waals surface area contributed by atoms with Crippen LogP contribution >= 0.6 is 0 Å². The minimum absolute atomic E-state index is 0.637. The summed E-state index contributed by atoms with van der Waals surface area (Å²) in [5.41, 5.74) is 4.48. The zero-order chi connectivity index (χ0) is 12.8. The number of benzene rings is 1. The molecule has 2 aromatic rings. The van der Waals surface area contributed by atoms with Crippen molar-refractivity contribution in [3.63, 3.8) is 0 Å². The topological polar surface area (TPSA) is 34.1 Å². The second-order valence-corrected chi connectivity index (χ2v) is 4.31. The summed E-state index contributed by atoms with van der Waals surface area (Å²) in [7, 11) is 1.70. The van der Waals surface area contributed by atoms with Crippen LogP contribution < -0.4 is 5.32 Å². The molecule has 1 N–H and O–H groups in total. The van der Waals surface area contributed by atoms with Gasteiger partial charge >= 0.3 is 0 Å². The van der Waals surface area contributed by atoms with Gasteiger partial charge in [0.15, 0.2) is 0 Å². The van der Waals surface area contributed by atoms with Gasteiger partial charge in [-0.1, -0.05) is 18.2 Å². The highest BCUT2D eigenvalue weighted by Crippen LogP contribution is 2.12. The van der Waals surface area contributed by atoms with Crippen molar-refractivity contribution < 1.29 is 4.74 Å². The van der Waals surface area contributed by atoms with Gasteiger partial charge in [0.1, 0.15) is 0 Å². The normalized spacial score (nSPS) is 10.3. The molecule has 2 rings (SSSR count). The molecule has 0 spiro atoms. The molecule has 0 saturated heterocycles. The maximum atomic E-state index is 5.12. The molecule has 3 heteroatoms. The van der Waals surface area contributed by atoms with Crippen LogP contribution in [0.5, 0.6) is 0 Å². The predicted octanol–water partition coefficient (Wildman–Crippen LogP) is 3.15. The third kappa shape index (κ3) is 3.57. The number of aromatic nitrogens is 1. The van der Waals surface area contributed by atoms with E-state index in [0.717, 1.165) is 17.9 Å². The van der Waals surface area contributed by atoms with Crippen molar-refractivity contribution in [2.24, 2.45) is 0 Å². The summed E-state index contributed by atoms with van der Waals surface area (Å²) >= 11 is 0. The number of ether oxygens (including phenoxy) is 1. The van der Waals surface area contributed by atoms with Gasteiger partial charge in [-0.05, 0) is 36.2 Å². The highest BCUT2D eigenvalue weighted by molar-refractivity contribution is 5.45. The van der Waals surface area contributed by atoms with Crippen molar-refractivity contribution >= 4 is 5.69 Å². The summed E-state index contributed by atoms with van der Waals surface area (Å²) in [4.78, 5) is 4.36. The zero-order valence-corrected chi connectivity index (χ0v) is 10.8. The lowest BCUT2D eigenvalue weighted by atomic mass is 10.2. The van der Waals surface area contributed by atoms with Crippen LogP contribution in [0.1, 0.15) is 16.8 Å². The molecule has 0 aliphatic heterocycles. The average Bonchev–Trinajstić information content (AvgIpc) is 2.39. The first-order valence-electron chi connectivity index (χ1n) is 6.01. The van der Waals surface area contributed by atoms with Crippen LogP contribution in [0.25, 0.3) is 0 Å². The summed E-state index contributed by atoms with van der Waals surface area (Å²) in [6, 6.07) is 12.3. The van der Waals surface area contributed by atoms with Crippen LogP contribution in [0.2, 0.25) is 0 Å². The van der Waals surface area contributed by atoms with E-state index in [4.69, 9.17) is 4.74 Å². The van der Waals surface area contributed by atoms with E-state index in [1.807, 2.05) is 31.3 Å². The molecule has 0 saturated carbocycles. The number of aryl methyl sites for hydroxylation is 1. The fourth-order valence-corrected chi connectivity index (χ4v) is 1.73. The molecular weight excluding hydrogens is 224 g/mol. The summed E-state index contributed by atoms with van der Waals surface area (Å²) in [5.74, 6) is 0. The van der Waals surface area contributed by atoms with Gasteiger partial charge in [-0.2, -0.15) is 0 Å². The third-order valence-corrected chi connectivity index (χ3v) is 2.68. The molecule has 0 bridgehead atoms. The molecule has 3 nitrogen and oxygen atoms in total. The van der Waals surface area contributed by atoms with Crippen LogP contribution in [0, 0.1) is 6.92 Å². The number of methoxy groups -OCH3 is 1. The van der Waals surface area contributed by atoms with Crippen molar-refractivity contribution in [3.05, 3.63) is 59.4 Å². The summed E-state index contributed by atoms with van der Waals surface area (Å²) < 4.78 is 5.12. The minimum Gasteiger partial charge on any atom is -0.380 e. The van der Waals surface area contributed by atoms with Gasteiger partial charge in [-0.15, -0.1) is 0 Å². The van der Waals surface area contributed by atoms with Crippen molar-refractivity contribution in [2.45, 2.75) is 20.1 Å². The molecule has 1 heterocycles. The summed E-state index contributed by atoms with van der Waals surface area (Å²) in [6.07, 6.45) is 1.89. The molecule has 0 unspecified atom stereocenters.